The molecule has 2 rings (SSSR count). The van der Waals surface area contributed by atoms with Crippen molar-refractivity contribution in [3.63, 3.8) is 0 Å². The third kappa shape index (κ3) is 4.86. The van der Waals surface area contributed by atoms with E-state index in [9.17, 15) is 4.79 Å². The van der Waals surface area contributed by atoms with Gasteiger partial charge in [-0.15, -0.1) is 0 Å². The Labute approximate surface area is 135 Å². The van der Waals surface area contributed by atoms with Crippen LogP contribution in [0.3, 0.4) is 0 Å². The number of hydrogen-bond donors (Lipinski definition) is 0. The highest BCUT2D eigenvalue weighted by Gasteiger charge is 2.28. The van der Waals surface area contributed by atoms with Crippen LogP contribution >= 0.6 is 0 Å². The number of benzene rings is 1. The van der Waals surface area contributed by atoms with Crippen molar-refractivity contribution in [3.8, 4) is 0 Å². The van der Waals surface area contributed by atoms with Gasteiger partial charge in [0, 0.05) is 0 Å². The molecule has 1 aromatic carbocycles. The highest BCUT2D eigenvalue weighted by atomic mass is 16.5. The maximum atomic E-state index is 12.4. The van der Waals surface area contributed by atoms with Crippen LogP contribution in [0.1, 0.15) is 76.9 Å². The summed E-state index contributed by atoms with van der Waals surface area (Å²) in [6, 6.07) is 10.1. The van der Waals surface area contributed by atoms with Gasteiger partial charge in [-0.25, -0.2) is 0 Å². The van der Waals surface area contributed by atoms with Gasteiger partial charge < -0.3 is 4.74 Å². The molecule has 1 aromatic rings. The van der Waals surface area contributed by atoms with Gasteiger partial charge in [-0.05, 0) is 43.6 Å². The molecular formula is C20H30O2. The number of unbranched alkanes of at least 4 members (excludes halogenated alkanes) is 1. The number of ether oxygens (including phenoxy) is 1. The molecule has 1 aliphatic rings. The summed E-state index contributed by atoms with van der Waals surface area (Å²) in [5.74, 6) is 0.973. The highest BCUT2D eigenvalue weighted by molar-refractivity contribution is 5.72. The number of rotatable bonds is 7. The first-order chi connectivity index (χ1) is 10.7. The SMILES string of the molecule is CCCCC1CCC(C(=O)OC(CC)c2ccccc2)CC1. The number of carbonyl (C=O) groups is 1. The molecule has 122 valence electrons. The van der Waals surface area contributed by atoms with Crippen LogP contribution in [-0.2, 0) is 9.53 Å². The first-order valence-corrected chi connectivity index (χ1v) is 9.00. The molecule has 0 spiro atoms. The predicted molar refractivity (Wildman–Crippen MR) is 90.5 cm³/mol. The van der Waals surface area contributed by atoms with Crippen LogP contribution in [0.15, 0.2) is 30.3 Å². The van der Waals surface area contributed by atoms with Crippen molar-refractivity contribution in [2.75, 3.05) is 0 Å². The first-order valence-electron chi connectivity index (χ1n) is 9.00. The zero-order valence-electron chi connectivity index (χ0n) is 14.1. The molecule has 1 fully saturated rings. The van der Waals surface area contributed by atoms with Gasteiger partial charge in [0.25, 0.3) is 0 Å². The van der Waals surface area contributed by atoms with Crippen molar-refractivity contribution in [1.29, 1.82) is 0 Å². The zero-order valence-corrected chi connectivity index (χ0v) is 14.1. The second kappa shape index (κ2) is 8.97. The summed E-state index contributed by atoms with van der Waals surface area (Å²) in [4.78, 5) is 12.4. The van der Waals surface area contributed by atoms with Crippen LogP contribution in [0, 0.1) is 11.8 Å². The van der Waals surface area contributed by atoms with Crippen LogP contribution in [0.2, 0.25) is 0 Å². The fourth-order valence-electron chi connectivity index (χ4n) is 3.47. The lowest BCUT2D eigenvalue weighted by molar-refractivity contribution is -0.156. The summed E-state index contributed by atoms with van der Waals surface area (Å²) in [5.41, 5.74) is 1.11. The van der Waals surface area contributed by atoms with Gasteiger partial charge in [0.1, 0.15) is 6.10 Å². The van der Waals surface area contributed by atoms with E-state index in [-0.39, 0.29) is 18.0 Å². The summed E-state index contributed by atoms with van der Waals surface area (Å²) in [6.07, 6.45) is 9.09. The van der Waals surface area contributed by atoms with E-state index in [0.29, 0.717) is 0 Å². The smallest absolute Gasteiger partial charge is 0.309 e. The lowest BCUT2D eigenvalue weighted by Crippen LogP contribution is -2.25. The minimum Gasteiger partial charge on any atom is -0.457 e. The molecule has 0 N–H and O–H groups in total. The standard InChI is InChI=1S/C20H30O2/c1-3-5-9-16-12-14-18(15-13-16)20(21)22-19(4-2)17-10-7-6-8-11-17/h6-8,10-11,16,18-19H,3-5,9,12-15H2,1-2H3. The molecule has 1 saturated carbocycles. The highest BCUT2D eigenvalue weighted by Crippen LogP contribution is 2.34. The molecule has 0 heterocycles. The van der Waals surface area contributed by atoms with E-state index < -0.39 is 0 Å². The van der Waals surface area contributed by atoms with E-state index in [1.807, 2.05) is 30.3 Å². The third-order valence-corrected chi connectivity index (χ3v) is 4.95. The van der Waals surface area contributed by atoms with Gasteiger partial charge in [0.15, 0.2) is 0 Å². The molecule has 2 heteroatoms. The number of esters is 1. The van der Waals surface area contributed by atoms with Crippen molar-refractivity contribution in [1.82, 2.24) is 0 Å². The summed E-state index contributed by atoms with van der Waals surface area (Å²) >= 11 is 0. The Morgan fingerprint density at radius 3 is 2.41 bits per heavy atom. The Hall–Kier alpha value is -1.31. The lowest BCUT2D eigenvalue weighted by atomic mass is 9.80. The van der Waals surface area contributed by atoms with Gasteiger partial charge in [0.2, 0.25) is 0 Å². The minimum absolute atomic E-state index is 0.0182. The van der Waals surface area contributed by atoms with Gasteiger partial charge in [-0.2, -0.15) is 0 Å². The minimum atomic E-state index is -0.0912. The Bertz CT molecular complexity index is 432. The van der Waals surface area contributed by atoms with E-state index in [1.54, 1.807) is 0 Å². The van der Waals surface area contributed by atoms with Crippen LogP contribution < -0.4 is 0 Å². The fourth-order valence-corrected chi connectivity index (χ4v) is 3.47. The fraction of sp³-hybridized carbons (Fsp3) is 0.650. The van der Waals surface area contributed by atoms with Crippen molar-refractivity contribution in [2.45, 2.75) is 71.3 Å². The number of hydrogen-bond acceptors (Lipinski definition) is 2. The van der Waals surface area contributed by atoms with Crippen LogP contribution in [0.4, 0.5) is 0 Å². The lowest BCUT2D eigenvalue weighted by Gasteiger charge is -2.28. The quantitative estimate of drug-likeness (QED) is 0.606. The van der Waals surface area contributed by atoms with E-state index in [0.717, 1.165) is 30.7 Å². The summed E-state index contributed by atoms with van der Waals surface area (Å²) < 4.78 is 5.80. The van der Waals surface area contributed by atoms with Crippen molar-refractivity contribution < 1.29 is 9.53 Å². The molecule has 0 bridgehead atoms. The first kappa shape index (κ1) is 17.1. The average Bonchev–Trinajstić information content (AvgIpc) is 2.58. The second-order valence-electron chi connectivity index (χ2n) is 6.60. The van der Waals surface area contributed by atoms with Crippen molar-refractivity contribution in [3.05, 3.63) is 35.9 Å². The monoisotopic (exact) mass is 302 g/mol. The molecule has 1 unspecified atom stereocenters. The molecular weight excluding hydrogens is 272 g/mol. The van der Waals surface area contributed by atoms with Crippen LogP contribution in [0.25, 0.3) is 0 Å². The van der Waals surface area contributed by atoms with Gasteiger partial charge >= 0.3 is 5.97 Å². The molecule has 0 amide bonds. The Morgan fingerprint density at radius 2 is 1.82 bits per heavy atom. The van der Waals surface area contributed by atoms with E-state index >= 15 is 0 Å². The molecule has 0 aliphatic heterocycles. The average molecular weight is 302 g/mol. The van der Waals surface area contributed by atoms with Crippen molar-refractivity contribution >= 4 is 5.97 Å². The normalized spacial score (nSPS) is 23.0. The largest absolute Gasteiger partial charge is 0.457 e. The van der Waals surface area contributed by atoms with E-state index in [4.69, 9.17) is 4.74 Å². The van der Waals surface area contributed by atoms with Crippen LogP contribution in [0.5, 0.6) is 0 Å². The molecule has 22 heavy (non-hydrogen) atoms. The van der Waals surface area contributed by atoms with Gasteiger partial charge in [-0.3, -0.25) is 4.79 Å². The topological polar surface area (TPSA) is 26.3 Å². The molecule has 1 aliphatic carbocycles. The van der Waals surface area contributed by atoms with Crippen molar-refractivity contribution in [2.24, 2.45) is 11.8 Å². The molecule has 2 nitrogen and oxygen atoms in total. The number of carbonyl (C=O) groups excluding carboxylic acids is 1. The van der Waals surface area contributed by atoms with E-state index in [1.165, 1.54) is 32.1 Å². The summed E-state index contributed by atoms with van der Waals surface area (Å²) in [6.45, 7) is 4.32. The van der Waals surface area contributed by atoms with Gasteiger partial charge in [0.05, 0.1) is 5.92 Å². The summed E-state index contributed by atoms with van der Waals surface area (Å²) in [5, 5.41) is 0. The Balaban J connectivity index is 1.82. The molecule has 0 saturated heterocycles. The van der Waals surface area contributed by atoms with Crippen LogP contribution in [-0.4, -0.2) is 5.97 Å². The second-order valence-corrected chi connectivity index (χ2v) is 6.60. The zero-order chi connectivity index (χ0) is 15.8. The third-order valence-electron chi connectivity index (χ3n) is 4.95. The van der Waals surface area contributed by atoms with Gasteiger partial charge in [-0.1, -0.05) is 63.4 Å². The Morgan fingerprint density at radius 1 is 1.14 bits per heavy atom. The predicted octanol–water partition coefficient (Wildman–Crippen LogP) is 5.68. The summed E-state index contributed by atoms with van der Waals surface area (Å²) in [7, 11) is 0. The molecule has 0 radical (unpaired) electrons. The molecule has 0 aromatic heterocycles. The Kier molecular flexibility index (Phi) is 6.95. The van der Waals surface area contributed by atoms with E-state index in [2.05, 4.69) is 13.8 Å². The molecule has 1 atom stereocenters. The maximum Gasteiger partial charge on any atom is 0.309 e. The maximum absolute atomic E-state index is 12.4.